The van der Waals surface area contributed by atoms with Gasteiger partial charge in [-0.3, -0.25) is 9.69 Å². The number of carbonyl (C=O) groups is 1. The molecule has 0 saturated carbocycles. The summed E-state index contributed by atoms with van der Waals surface area (Å²) < 4.78 is 5.47. The minimum absolute atomic E-state index is 0.0805. The number of hydrogen-bond donors (Lipinski definition) is 1. The third kappa shape index (κ3) is 6.87. The monoisotopic (exact) mass is 395 g/mol. The standard InChI is InChI=1S/C24H33N3O2/c1-20(12-13-21-8-4-3-5-9-21)25-24(28)19-26(2)18-22-10-6-7-11-23(22)27-14-16-29-17-15-27/h3-11,20H,12-19H2,1-2H3,(H,25,28)/t20-/m1/s1. The first-order valence-electron chi connectivity index (χ1n) is 10.5. The molecule has 29 heavy (non-hydrogen) atoms. The maximum Gasteiger partial charge on any atom is 0.234 e. The summed E-state index contributed by atoms with van der Waals surface area (Å²) in [6.07, 6.45) is 1.92. The number of amides is 1. The van der Waals surface area contributed by atoms with E-state index in [0.717, 1.165) is 45.7 Å². The zero-order valence-electron chi connectivity index (χ0n) is 17.6. The Morgan fingerprint density at radius 3 is 2.55 bits per heavy atom. The second-order valence-electron chi connectivity index (χ2n) is 7.89. The van der Waals surface area contributed by atoms with Gasteiger partial charge in [0.2, 0.25) is 5.91 Å². The number of ether oxygens (including phenoxy) is 1. The number of hydrogen-bond acceptors (Lipinski definition) is 4. The van der Waals surface area contributed by atoms with Gasteiger partial charge in [-0.2, -0.15) is 0 Å². The molecule has 1 fully saturated rings. The lowest BCUT2D eigenvalue weighted by Crippen LogP contribution is -2.40. The molecule has 2 aromatic rings. The molecule has 2 aromatic carbocycles. The lowest BCUT2D eigenvalue weighted by atomic mass is 10.1. The number of nitrogens with one attached hydrogen (secondary N) is 1. The van der Waals surface area contributed by atoms with Crippen LogP contribution in [0.4, 0.5) is 5.69 Å². The second kappa shape index (κ2) is 11.0. The third-order valence-corrected chi connectivity index (χ3v) is 5.31. The normalized spacial score (nSPS) is 15.3. The third-order valence-electron chi connectivity index (χ3n) is 5.31. The van der Waals surface area contributed by atoms with Gasteiger partial charge in [0.25, 0.3) is 0 Å². The van der Waals surface area contributed by atoms with Crippen LogP contribution in [-0.4, -0.2) is 56.7 Å². The van der Waals surface area contributed by atoms with E-state index in [1.165, 1.54) is 16.8 Å². The molecule has 1 N–H and O–H groups in total. The lowest BCUT2D eigenvalue weighted by Gasteiger charge is -2.31. The van der Waals surface area contributed by atoms with Gasteiger partial charge < -0.3 is 15.0 Å². The van der Waals surface area contributed by atoms with Crippen LogP contribution in [0, 0.1) is 0 Å². The number of morpholine rings is 1. The highest BCUT2D eigenvalue weighted by Gasteiger charge is 2.16. The fourth-order valence-corrected chi connectivity index (χ4v) is 3.77. The van der Waals surface area contributed by atoms with Gasteiger partial charge >= 0.3 is 0 Å². The Labute approximate surface area is 174 Å². The Morgan fingerprint density at radius 1 is 1.10 bits per heavy atom. The number of benzene rings is 2. The zero-order chi connectivity index (χ0) is 20.5. The van der Waals surface area contributed by atoms with Gasteiger partial charge in [-0.1, -0.05) is 48.5 Å². The molecule has 1 amide bonds. The van der Waals surface area contributed by atoms with E-state index in [2.05, 4.69) is 70.6 Å². The highest BCUT2D eigenvalue weighted by atomic mass is 16.5. The first-order valence-corrected chi connectivity index (χ1v) is 10.5. The van der Waals surface area contributed by atoms with Crippen LogP contribution in [0.2, 0.25) is 0 Å². The number of aryl methyl sites for hydroxylation is 1. The summed E-state index contributed by atoms with van der Waals surface area (Å²) in [6.45, 7) is 6.60. The molecule has 1 aliphatic rings. The van der Waals surface area contributed by atoms with Crippen molar-refractivity contribution in [2.45, 2.75) is 32.4 Å². The smallest absolute Gasteiger partial charge is 0.234 e. The van der Waals surface area contributed by atoms with Crippen molar-refractivity contribution >= 4 is 11.6 Å². The largest absolute Gasteiger partial charge is 0.378 e. The first kappa shape index (κ1) is 21.3. The van der Waals surface area contributed by atoms with Crippen molar-refractivity contribution in [2.24, 2.45) is 0 Å². The van der Waals surface area contributed by atoms with Gasteiger partial charge in [0, 0.05) is 31.4 Å². The summed E-state index contributed by atoms with van der Waals surface area (Å²) in [4.78, 5) is 16.9. The lowest BCUT2D eigenvalue weighted by molar-refractivity contribution is -0.122. The van der Waals surface area contributed by atoms with Gasteiger partial charge in [0.1, 0.15) is 0 Å². The van der Waals surface area contributed by atoms with E-state index in [-0.39, 0.29) is 11.9 Å². The molecule has 3 rings (SSSR count). The Morgan fingerprint density at radius 2 is 1.79 bits per heavy atom. The Bertz CT molecular complexity index is 760. The van der Waals surface area contributed by atoms with E-state index in [1.54, 1.807) is 0 Å². The predicted molar refractivity (Wildman–Crippen MR) is 118 cm³/mol. The van der Waals surface area contributed by atoms with E-state index in [0.29, 0.717) is 6.54 Å². The first-order chi connectivity index (χ1) is 14.1. The molecule has 0 unspecified atom stereocenters. The molecule has 5 nitrogen and oxygen atoms in total. The molecule has 156 valence electrons. The number of likely N-dealkylation sites (N-methyl/N-ethyl adjacent to an activating group) is 1. The SMILES string of the molecule is C[C@H](CCc1ccccc1)NC(=O)CN(C)Cc1ccccc1N1CCOCC1. The summed E-state index contributed by atoms with van der Waals surface area (Å²) in [6, 6.07) is 19.0. The number of para-hydroxylation sites is 1. The minimum atomic E-state index is 0.0805. The van der Waals surface area contributed by atoms with E-state index in [1.807, 2.05) is 13.1 Å². The quantitative estimate of drug-likeness (QED) is 0.709. The Hall–Kier alpha value is -2.37. The van der Waals surface area contributed by atoms with Crippen molar-refractivity contribution in [2.75, 3.05) is 44.8 Å². The van der Waals surface area contributed by atoms with E-state index in [4.69, 9.17) is 4.74 Å². The molecule has 1 atom stereocenters. The summed E-state index contributed by atoms with van der Waals surface area (Å²) in [7, 11) is 2.00. The number of carbonyl (C=O) groups excluding carboxylic acids is 1. The van der Waals surface area contributed by atoms with E-state index in [9.17, 15) is 4.79 Å². The second-order valence-corrected chi connectivity index (χ2v) is 7.89. The minimum Gasteiger partial charge on any atom is -0.378 e. The van der Waals surface area contributed by atoms with Gasteiger partial charge in [-0.25, -0.2) is 0 Å². The van der Waals surface area contributed by atoms with E-state index < -0.39 is 0 Å². The van der Waals surface area contributed by atoms with E-state index >= 15 is 0 Å². The van der Waals surface area contributed by atoms with Crippen LogP contribution in [0.25, 0.3) is 0 Å². The topological polar surface area (TPSA) is 44.8 Å². The van der Waals surface area contributed by atoms with Crippen molar-refractivity contribution in [3.05, 3.63) is 65.7 Å². The van der Waals surface area contributed by atoms with Crippen molar-refractivity contribution < 1.29 is 9.53 Å². The number of anilines is 1. The molecule has 0 aromatic heterocycles. The van der Waals surface area contributed by atoms with Crippen LogP contribution in [0.15, 0.2) is 54.6 Å². The predicted octanol–water partition coefficient (Wildman–Crippen LogP) is 3.09. The molecule has 1 saturated heterocycles. The number of rotatable bonds is 9. The molecule has 0 spiro atoms. The van der Waals surface area contributed by atoms with Crippen LogP contribution >= 0.6 is 0 Å². The van der Waals surface area contributed by atoms with Crippen LogP contribution in [0.5, 0.6) is 0 Å². The maximum atomic E-state index is 12.5. The van der Waals surface area contributed by atoms with Crippen LogP contribution in [0.3, 0.4) is 0 Å². The summed E-state index contributed by atoms with van der Waals surface area (Å²) in [5, 5.41) is 3.14. The van der Waals surface area contributed by atoms with Gasteiger partial charge in [-0.05, 0) is 44.0 Å². The van der Waals surface area contributed by atoms with Gasteiger partial charge in [0.05, 0.1) is 19.8 Å². The molecular formula is C24H33N3O2. The molecule has 1 aliphatic heterocycles. The Balaban J connectivity index is 1.46. The highest BCUT2D eigenvalue weighted by Crippen LogP contribution is 2.22. The van der Waals surface area contributed by atoms with Crippen LogP contribution in [0.1, 0.15) is 24.5 Å². The average molecular weight is 396 g/mol. The fourth-order valence-electron chi connectivity index (χ4n) is 3.77. The van der Waals surface area contributed by atoms with Crippen LogP contribution < -0.4 is 10.2 Å². The van der Waals surface area contributed by atoms with Crippen molar-refractivity contribution in [1.29, 1.82) is 0 Å². The van der Waals surface area contributed by atoms with Crippen LogP contribution in [-0.2, 0) is 22.5 Å². The van der Waals surface area contributed by atoms with Gasteiger partial charge in [-0.15, -0.1) is 0 Å². The molecule has 0 radical (unpaired) electrons. The highest BCUT2D eigenvalue weighted by molar-refractivity contribution is 5.78. The molecule has 0 bridgehead atoms. The summed E-state index contributed by atoms with van der Waals surface area (Å²) in [5.41, 5.74) is 3.81. The molecule has 1 heterocycles. The molecular weight excluding hydrogens is 362 g/mol. The Kier molecular flexibility index (Phi) is 8.08. The van der Waals surface area contributed by atoms with Gasteiger partial charge in [0.15, 0.2) is 0 Å². The van der Waals surface area contributed by atoms with Crippen molar-refractivity contribution in [3.8, 4) is 0 Å². The average Bonchev–Trinajstić information content (AvgIpc) is 2.74. The van der Waals surface area contributed by atoms with Crippen molar-refractivity contribution in [3.63, 3.8) is 0 Å². The fraction of sp³-hybridized carbons (Fsp3) is 0.458. The summed E-state index contributed by atoms with van der Waals surface area (Å²) >= 11 is 0. The maximum absolute atomic E-state index is 12.5. The molecule has 0 aliphatic carbocycles. The summed E-state index contributed by atoms with van der Waals surface area (Å²) in [5.74, 6) is 0.0805. The zero-order valence-corrected chi connectivity index (χ0v) is 17.6. The molecule has 5 heteroatoms. The number of nitrogens with zero attached hydrogens (tertiary/aromatic N) is 2. The van der Waals surface area contributed by atoms with Crippen molar-refractivity contribution in [1.82, 2.24) is 10.2 Å².